The van der Waals surface area contributed by atoms with E-state index in [0.29, 0.717) is 18.8 Å². The van der Waals surface area contributed by atoms with Crippen LogP contribution in [0.2, 0.25) is 0 Å². The summed E-state index contributed by atoms with van der Waals surface area (Å²) >= 11 is 0. The molecule has 0 unspecified atom stereocenters. The van der Waals surface area contributed by atoms with Crippen molar-refractivity contribution in [2.45, 2.75) is 26.7 Å². The zero-order valence-electron chi connectivity index (χ0n) is 16.8. The molecule has 0 atom stereocenters. The molecule has 4 rings (SSSR count). The molecule has 2 aromatic rings. The van der Waals surface area contributed by atoms with Crippen molar-refractivity contribution in [3.05, 3.63) is 47.9 Å². The van der Waals surface area contributed by atoms with Crippen molar-refractivity contribution >= 4 is 17.4 Å². The summed E-state index contributed by atoms with van der Waals surface area (Å²) in [7, 11) is 0. The van der Waals surface area contributed by atoms with Crippen LogP contribution >= 0.6 is 0 Å². The molecule has 2 saturated heterocycles. The molecule has 3 heterocycles. The van der Waals surface area contributed by atoms with E-state index in [9.17, 15) is 4.79 Å². The minimum absolute atomic E-state index is 0.0120. The van der Waals surface area contributed by atoms with E-state index < -0.39 is 0 Å². The number of rotatable bonds is 3. The monoisotopic (exact) mass is 379 g/mol. The van der Waals surface area contributed by atoms with Crippen molar-refractivity contribution in [2.75, 3.05) is 49.1 Å². The van der Waals surface area contributed by atoms with E-state index in [1.165, 1.54) is 30.4 Å². The first-order valence-electron chi connectivity index (χ1n) is 10.3. The van der Waals surface area contributed by atoms with Crippen LogP contribution in [0.1, 0.15) is 35.8 Å². The third kappa shape index (κ3) is 4.11. The number of piperazine rings is 1. The molecule has 28 heavy (non-hydrogen) atoms. The molecule has 148 valence electrons. The maximum absolute atomic E-state index is 13.0. The van der Waals surface area contributed by atoms with Crippen LogP contribution in [-0.4, -0.2) is 60.0 Å². The Balaban J connectivity index is 1.39. The van der Waals surface area contributed by atoms with Crippen LogP contribution in [0.3, 0.4) is 0 Å². The van der Waals surface area contributed by atoms with Gasteiger partial charge >= 0.3 is 0 Å². The molecule has 0 N–H and O–H groups in total. The summed E-state index contributed by atoms with van der Waals surface area (Å²) in [5, 5.41) is 0. The lowest BCUT2D eigenvalue weighted by atomic mass is 9.99. The Hall–Kier alpha value is -2.63. The standard InChI is InChI=1S/C22H29N5O/c1-17-6-8-26(9-7-17)21-15-20(23-16-24-21)22(28)27-12-10-25(11-13-27)19-5-3-4-18(2)14-19/h3-5,14-17H,6-13H2,1-2H3. The van der Waals surface area contributed by atoms with Gasteiger partial charge in [-0.1, -0.05) is 19.1 Å². The number of hydrogen-bond donors (Lipinski definition) is 0. The molecule has 6 nitrogen and oxygen atoms in total. The third-order valence-corrected chi connectivity index (χ3v) is 5.91. The first-order valence-corrected chi connectivity index (χ1v) is 10.3. The molecule has 0 radical (unpaired) electrons. The molecule has 0 bridgehead atoms. The number of aryl methyl sites for hydroxylation is 1. The lowest BCUT2D eigenvalue weighted by Gasteiger charge is -2.36. The minimum atomic E-state index is 0.0120. The second kappa shape index (κ2) is 8.17. The van der Waals surface area contributed by atoms with Gasteiger partial charge in [0.2, 0.25) is 0 Å². The summed E-state index contributed by atoms with van der Waals surface area (Å²) in [6, 6.07) is 10.4. The summed E-state index contributed by atoms with van der Waals surface area (Å²) in [5.41, 5.74) is 3.00. The second-order valence-corrected chi connectivity index (χ2v) is 8.05. The fourth-order valence-corrected chi connectivity index (χ4v) is 4.03. The number of piperidine rings is 1. The number of carbonyl (C=O) groups is 1. The van der Waals surface area contributed by atoms with E-state index in [4.69, 9.17) is 0 Å². The number of hydrogen-bond acceptors (Lipinski definition) is 5. The van der Waals surface area contributed by atoms with E-state index in [0.717, 1.165) is 37.9 Å². The maximum atomic E-state index is 13.0. The zero-order valence-corrected chi connectivity index (χ0v) is 16.8. The SMILES string of the molecule is Cc1cccc(N2CCN(C(=O)c3cc(N4CCC(C)CC4)ncn3)CC2)c1. The van der Waals surface area contributed by atoms with E-state index in [1.807, 2.05) is 11.0 Å². The molecule has 2 aliphatic heterocycles. The van der Waals surface area contributed by atoms with Crippen molar-refractivity contribution in [1.29, 1.82) is 0 Å². The van der Waals surface area contributed by atoms with Crippen LogP contribution in [0.25, 0.3) is 0 Å². The third-order valence-electron chi connectivity index (χ3n) is 5.91. The molecule has 0 spiro atoms. The van der Waals surface area contributed by atoms with Gasteiger partial charge in [0.05, 0.1) is 0 Å². The van der Waals surface area contributed by atoms with Gasteiger partial charge in [0.1, 0.15) is 17.8 Å². The van der Waals surface area contributed by atoms with E-state index >= 15 is 0 Å². The van der Waals surface area contributed by atoms with Gasteiger partial charge in [-0.15, -0.1) is 0 Å². The number of benzene rings is 1. The van der Waals surface area contributed by atoms with Crippen molar-refractivity contribution in [2.24, 2.45) is 5.92 Å². The first-order chi connectivity index (χ1) is 13.6. The molecule has 2 fully saturated rings. The summed E-state index contributed by atoms with van der Waals surface area (Å²) in [6.45, 7) is 9.53. The van der Waals surface area contributed by atoms with Crippen molar-refractivity contribution in [3.8, 4) is 0 Å². The maximum Gasteiger partial charge on any atom is 0.272 e. The summed E-state index contributed by atoms with van der Waals surface area (Å²) in [6.07, 6.45) is 3.88. The highest BCUT2D eigenvalue weighted by Crippen LogP contribution is 2.22. The minimum Gasteiger partial charge on any atom is -0.368 e. The highest BCUT2D eigenvalue weighted by molar-refractivity contribution is 5.93. The molecule has 0 aliphatic carbocycles. The Labute approximate surface area is 167 Å². The number of aromatic nitrogens is 2. The van der Waals surface area contributed by atoms with Crippen LogP contribution in [0, 0.1) is 12.8 Å². The molecular formula is C22H29N5O. The number of amides is 1. The van der Waals surface area contributed by atoms with Crippen molar-refractivity contribution < 1.29 is 4.79 Å². The van der Waals surface area contributed by atoms with Gasteiger partial charge in [0.25, 0.3) is 5.91 Å². The Morgan fingerprint density at radius 3 is 2.43 bits per heavy atom. The summed E-state index contributed by atoms with van der Waals surface area (Å²) in [5.74, 6) is 1.66. The number of carbonyl (C=O) groups excluding carboxylic acids is 1. The molecule has 0 saturated carbocycles. The predicted octanol–water partition coefficient (Wildman–Crippen LogP) is 2.98. The van der Waals surface area contributed by atoms with Gasteiger partial charge in [0, 0.05) is 51.0 Å². The van der Waals surface area contributed by atoms with Gasteiger partial charge in [-0.05, 0) is 43.4 Å². The van der Waals surface area contributed by atoms with Gasteiger partial charge in [0.15, 0.2) is 0 Å². The predicted molar refractivity (Wildman–Crippen MR) is 112 cm³/mol. The van der Waals surface area contributed by atoms with Gasteiger partial charge in [-0.3, -0.25) is 4.79 Å². The van der Waals surface area contributed by atoms with E-state index in [-0.39, 0.29) is 5.91 Å². The van der Waals surface area contributed by atoms with E-state index in [1.54, 1.807) is 0 Å². The molecule has 1 aromatic carbocycles. The van der Waals surface area contributed by atoms with Crippen molar-refractivity contribution in [1.82, 2.24) is 14.9 Å². The van der Waals surface area contributed by atoms with Crippen LogP contribution < -0.4 is 9.80 Å². The van der Waals surface area contributed by atoms with Gasteiger partial charge in [-0.2, -0.15) is 0 Å². The Morgan fingerprint density at radius 1 is 0.964 bits per heavy atom. The second-order valence-electron chi connectivity index (χ2n) is 8.05. The van der Waals surface area contributed by atoms with Crippen LogP contribution in [0.5, 0.6) is 0 Å². The topological polar surface area (TPSA) is 52.6 Å². The normalized spacial score (nSPS) is 18.4. The quantitative estimate of drug-likeness (QED) is 0.821. The largest absolute Gasteiger partial charge is 0.368 e. The van der Waals surface area contributed by atoms with Crippen molar-refractivity contribution in [3.63, 3.8) is 0 Å². The van der Waals surface area contributed by atoms with Crippen LogP contribution in [0.4, 0.5) is 11.5 Å². The Morgan fingerprint density at radius 2 is 1.71 bits per heavy atom. The highest BCUT2D eigenvalue weighted by atomic mass is 16.2. The summed E-state index contributed by atoms with van der Waals surface area (Å²) in [4.78, 5) is 28.2. The highest BCUT2D eigenvalue weighted by Gasteiger charge is 2.24. The molecule has 2 aliphatic rings. The lowest BCUT2D eigenvalue weighted by Crippen LogP contribution is -2.49. The smallest absolute Gasteiger partial charge is 0.272 e. The first kappa shape index (κ1) is 18.7. The summed E-state index contributed by atoms with van der Waals surface area (Å²) < 4.78 is 0. The lowest BCUT2D eigenvalue weighted by molar-refractivity contribution is 0.0740. The molecule has 1 aromatic heterocycles. The Kier molecular flexibility index (Phi) is 5.46. The fourth-order valence-electron chi connectivity index (χ4n) is 4.03. The van der Waals surface area contributed by atoms with Gasteiger partial charge < -0.3 is 14.7 Å². The average Bonchev–Trinajstić information content (AvgIpc) is 2.74. The van der Waals surface area contributed by atoms with E-state index in [2.05, 4.69) is 57.9 Å². The molecular weight excluding hydrogens is 350 g/mol. The average molecular weight is 380 g/mol. The van der Waals surface area contributed by atoms with Crippen LogP contribution in [0.15, 0.2) is 36.7 Å². The zero-order chi connectivity index (χ0) is 19.5. The Bertz CT molecular complexity index is 823. The fraction of sp³-hybridized carbons (Fsp3) is 0.500. The van der Waals surface area contributed by atoms with Crippen LogP contribution in [-0.2, 0) is 0 Å². The molecule has 6 heteroatoms. The van der Waals surface area contributed by atoms with Gasteiger partial charge in [-0.25, -0.2) is 9.97 Å². The number of anilines is 2. The molecule has 1 amide bonds. The number of nitrogens with zero attached hydrogens (tertiary/aromatic N) is 5.